The number of aromatic amines is 1. The summed E-state index contributed by atoms with van der Waals surface area (Å²) in [4.78, 5) is 27.3. The smallest absolute Gasteiger partial charge is 0.279 e. The Bertz CT molecular complexity index is 1260. The van der Waals surface area contributed by atoms with Crippen LogP contribution in [0.25, 0.3) is 17.1 Å². The average Bonchev–Trinajstić information content (AvgIpc) is 3.21. The third kappa shape index (κ3) is 4.43. The summed E-state index contributed by atoms with van der Waals surface area (Å²) in [7, 11) is 0. The predicted molar refractivity (Wildman–Crippen MR) is 123 cm³/mol. The van der Waals surface area contributed by atoms with Gasteiger partial charge in [-0.2, -0.15) is 0 Å². The van der Waals surface area contributed by atoms with Gasteiger partial charge in [-0.25, -0.2) is 4.98 Å². The number of rotatable bonds is 7. The molecule has 4 aromatic rings. The summed E-state index contributed by atoms with van der Waals surface area (Å²) in [6, 6.07) is 7.22. The van der Waals surface area contributed by atoms with Crippen molar-refractivity contribution in [3.63, 3.8) is 0 Å². The lowest BCUT2D eigenvalue weighted by Crippen LogP contribution is -2.18. The zero-order chi connectivity index (χ0) is 22.7. The normalized spacial score (nSPS) is 13.0. The van der Waals surface area contributed by atoms with Crippen molar-refractivity contribution in [2.24, 2.45) is 0 Å². The molecule has 4 heterocycles. The van der Waals surface area contributed by atoms with Crippen LogP contribution in [0.4, 0.5) is 5.95 Å². The minimum absolute atomic E-state index is 0.0662. The molecule has 0 bridgehead atoms. The van der Waals surface area contributed by atoms with E-state index in [-0.39, 0.29) is 22.8 Å². The molecule has 0 saturated carbocycles. The first-order chi connectivity index (χ1) is 15.5. The fourth-order valence-corrected chi connectivity index (χ4v) is 3.85. The number of H-pyrrole nitrogens is 1. The Morgan fingerprint density at radius 1 is 1.19 bits per heavy atom. The highest BCUT2D eigenvalue weighted by molar-refractivity contribution is 8.01. The minimum atomic E-state index is -0.540. The van der Waals surface area contributed by atoms with Crippen molar-refractivity contribution >= 4 is 29.5 Å². The molecule has 0 saturated heterocycles. The number of aromatic hydroxyl groups is 1. The Balaban J connectivity index is 1.66. The summed E-state index contributed by atoms with van der Waals surface area (Å²) in [6.07, 6.45) is 5.96. The SMILES string of the molecule is CC(SNc1nnc(-c2cccnc2)n1-c1c(O)nc[nH]c1=O)C(C)c1ccc(Cl)cn1. The lowest BCUT2D eigenvalue weighted by atomic mass is 10.0. The van der Waals surface area contributed by atoms with E-state index in [4.69, 9.17) is 11.6 Å². The molecule has 0 aliphatic carbocycles. The predicted octanol–water partition coefficient (Wildman–Crippen LogP) is 3.42. The van der Waals surface area contributed by atoms with E-state index in [1.54, 1.807) is 36.8 Å². The van der Waals surface area contributed by atoms with Crippen LogP contribution in [0.1, 0.15) is 25.5 Å². The van der Waals surface area contributed by atoms with Crippen molar-refractivity contribution in [3.05, 3.63) is 70.3 Å². The van der Waals surface area contributed by atoms with Gasteiger partial charge in [0.2, 0.25) is 11.8 Å². The maximum absolute atomic E-state index is 12.5. The van der Waals surface area contributed by atoms with E-state index >= 15 is 0 Å². The molecule has 164 valence electrons. The number of hydrogen-bond donors (Lipinski definition) is 3. The van der Waals surface area contributed by atoms with Crippen LogP contribution < -0.4 is 10.3 Å². The molecular formula is C20H19ClN8O2S. The molecule has 2 atom stereocenters. The van der Waals surface area contributed by atoms with Crippen molar-refractivity contribution in [3.8, 4) is 23.0 Å². The monoisotopic (exact) mass is 470 g/mol. The number of nitrogens with zero attached hydrogens (tertiary/aromatic N) is 6. The van der Waals surface area contributed by atoms with Gasteiger partial charge in [0.25, 0.3) is 5.56 Å². The fraction of sp³-hybridized carbons (Fsp3) is 0.200. The maximum Gasteiger partial charge on any atom is 0.279 e. The van der Waals surface area contributed by atoms with E-state index in [9.17, 15) is 9.90 Å². The molecule has 32 heavy (non-hydrogen) atoms. The second-order valence-electron chi connectivity index (χ2n) is 6.94. The highest BCUT2D eigenvalue weighted by Gasteiger charge is 2.23. The summed E-state index contributed by atoms with van der Waals surface area (Å²) in [5.41, 5.74) is 0.879. The summed E-state index contributed by atoms with van der Waals surface area (Å²) in [5.74, 6) is 0.230. The molecule has 0 aliphatic heterocycles. The standard InChI is InChI=1S/C20H19ClN8O2S/c1-11(15-6-5-14(21)9-23-15)12(2)32-28-20-27-26-17(13-4-3-7-22-8-13)29(20)16-18(30)24-10-25-19(16)31/h3-12H,1-2H3,(H,27,28)(H2,24,25,30,31). The third-order valence-electron chi connectivity index (χ3n) is 4.87. The number of hydrogen-bond acceptors (Lipinski definition) is 9. The number of halogens is 1. The van der Waals surface area contributed by atoms with Gasteiger partial charge in [-0.1, -0.05) is 25.4 Å². The van der Waals surface area contributed by atoms with Crippen LogP contribution in [-0.4, -0.2) is 45.1 Å². The van der Waals surface area contributed by atoms with E-state index in [1.807, 2.05) is 13.0 Å². The van der Waals surface area contributed by atoms with Crippen LogP contribution in [0.2, 0.25) is 5.02 Å². The molecule has 0 fully saturated rings. The molecule has 0 amide bonds. The van der Waals surface area contributed by atoms with Crippen molar-refractivity contribution in [2.75, 3.05) is 4.72 Å². The Labute approximate surface area is 192 Å². The van der Waals surface area contributed by atoms with Gasteiger partial charge in [0.1, 0.15) is 0 Å². The number of nitrogens with one attached hydrogen (secondary N) is 2. The minimum Gasteiger partial charge on any atom is -0.492 e. The highest BCUT2D eigenvalue weighted by atomic mass is 35.5. The number of pyridine rings is 2. The molecule has 0 aromatic carbocycles. The van der Waals surface area contributed by atoms with Gasteiger partial charge in [-0.15, -0.1) is 10.2 Å². The number of anilines is 1. The molecule has 3 N–H and O–H groups in total. The molecule has 10 nitrogen and oxygen atoms in total. The quantitative estimate of drug-likeness (QED) is 0.347. The van der Waals surface area contributed by atoms with E-state index < -0.39 is 11.4 Å². The van der Waals surface area contributed by atoms with Crippen LogP contribution in [0.5, 0.6) is 5.88 Å². The van der Waals surface area contributed by atoms with Crippen molar-refractivity contribution in [1.82, 2.24) is 34.7 Å². The number of aromatic nitrogens is 7. The molecule has 12 heteroatoms. The molecule has 0 aliphatic rings. The Hall–Kier alpha value is -3.44. The van der Waals surface area contributed by atoms with Gasteiger partial charge in [0, 0.05) is 41.0 Å². The van der Waals surface area contributed by atoms with Crippen LogP contribution >= 0.6 is 23.5 Å². The summed E-state index contributed by atoms with van der Waals surface area (Å²) in [5, 5.41) is 19.4. The lowest BCUT2D eigenvalue weighted by molar-refractivity contribution is 0.448. The van der Waals surface area contributed by atoms with Crippen LogP contribution in [0.3, 0.4) is 0 Å². The molecule has 2 unspecified atom stereocenters. The lowest BCUT2D eigenvalue weighted by Gasteiger charge is -2.19. The Morgan fingerprint density at radius 2 is 2.03 bits per heavy atom. The fourth-order valence-electron chi connectivity index (χ4n) is 2.97. The van der Waals surface area contributed by atoms with E-state index in [0.717, 1.165) is 12.0 Å². The van der Waals surface area contributed by atoms with Crippen LogP contribution in [-0.2, 0) is 0 Å². The van der Waals surface area contributed by atoms with Crippen LogP contribution in [0.15, 0.2) is 54.0 Å². The van der Waals surface area contributed by atoms with E-state index in [0.29, 0.717) is 16.4 Å². The van der Waals surface area contributed by atoms with Crippen LogP contribution in [0, 0.1) is 0 Å². The molecule has 4 aromatic heterocycles. The highest BCUT2D eigenvalue weighted by Crippen LogP contribution is 2.31. The zero-order valence-electron chi connectivity index (χ0n) is 17.1. The van der Waals surface area contributed by atoms with Gasteiger partial charge in [0.05, 0.1) is 11.3 Å². The average molecular weight is 471 g/mol. The molecular weight excluding hydrogens is 452 g/mol. The first-order valence-corrected chi connectivity index (χ1v) is 10.9. The third-order valence-corrected chi connectivity index (χ3v) is 6.18. The second-order valence-corrected chi connectivity index (χ2v) is 8.56. The molecule has 4 rings (SSSR count). The zero-order valence-corrected chi connectivity index (χ0v) is 18.7. The molecule has 0 radical (unpaired) electrons. The van der Waals surface area contributed by atoms with Crippen molar-refractivity contribution in [2.45, 2.75) is 25.0 Å². The second kappa shape index (κ2) is 9.37. The van der Waals surface area contributed by atoms with E-state index in [1.165, 1.54) is 16.5 Å². The first-order valence-electron chi connectivity index (χ1n) is 9.61. The van der Waals surface area contributed by atoms with Gasteiger partial charge in [-0.05, 0) is 36.2 Å². The first kappa shape index (κ1) is 21.8. The maximum atomic E-state index is 12.5. The van der Waals surface area contributed by atoms with Crippen molar-refractivity contribution in [1.29, 1.82) is 0 Å². The topological polar surface area (TPSA) is 134 Å². The van der Waals surface area contributed by atoms with Crippen molar-refractivity contribution < 1.29 is 5.11 Å². The Morgan fingerprint density at radius 3 is 2.72 bits per heavy atom. The van der Waals surface area contributed by atoms with Gasteiger partial charge < -0.3 is 10.1 Å². The summed E-state index contributed by atoms with van der Waals surface area (Å²) >= 11 is 7.32. The van der Waals surface area contributed by atoms with Gasteiger partial charge in [-0.3, -0.25) is 24.1 Å². The summed E-state index contributed by atoms with van der Waals surface area (Å²) in [6.45, 7) is 4.09. The van der Waals surface area contributed by atoms with E-state index in [2.05, 4.69) is 41.8 Å². The Kier molecular flexibility index (Phi) is 6.37. The van der Waals surface area contributed by atoms with Gasteiger partial charge >= 0.3 is 0 Å². The summed E-state index contributed by atoms with van der Waals surface area (Å²) < 4.78 is 4.58. The molecule has 0 spiro atoms. The largest absolute Gasteiger partial charge is 0.492 e. The van der Waals surface area contributed by atoms with Gasteiger partial charge in [0.15, 0.2) is 11.5 Å².